The molecule has 0 atom stereocenters. The molecular formula is C58H48N2. The Hall–Kier alpha value is -7.42. The van der Waals surface area contributed by atoms with Crippen LogP contribution in [0.3, 0.4) is 0 Å². The van der Waals surface area contributed by atoms with Crippen molar-refractivity contribution in [3.63, 3.8) is 0 Å². The van der Waals surface area contributed by atoms with E-state index in [1.165, 1.54) is 66.3 Å². The molecule has 0 saturated heterocycles. The second-order valence-electron chi connectivity index (χ2n) is 15.6. The highest BCUT2D eigenvalue weighted by atomic mass is 15.2. The Morgan fingerprint density at radius 3 is 0.867 bits per heavy atom. The van der Waals surface area contributed by atoms with Crippen LogP contribution in [0, 0.1) is 27.7 Å². The first-order valence-electron chi connectivity index (χ1n) is 20.8. The average Bonchev–Trinajstić information content (AvgIpc) is 3.28. The summed E-state index contributed by atoms with van der Waals surface area (Å²) in [4.78, 5) is 4.73. The quantitative estimate of drug-likeness (QED) is 0.101. The molecule has 0 aliphatic rings. The van der Waals surface area contributed by atoms with Crippen molar-refractivity contribution in [2.24, 2.45) is 0 Å². The van der Waals surface area contributed by atoms with E-state index in [4.69, 9.17) is 0 Å². The maximum absolute atomic E-state index is 2.37. The predicted octanol–water partition coefficient (Wildman–Crippen LogP) is 16.5. The Bertz CT molecular complexity index is 2690. The number of anilines is 6. The lowest BCUT2D eigenvalue weighted by Gasteiger charge is -2.28. The number of hydrogen-bond donors (Lipinski definition) is 0. The fourth-order valence-electron chi connectivity index (χ4n) is 8.67. The summed E-state index contributed by atoms with van der Waals surface area (Å²) in [6.45, 7) is 8.76. The van der Waals surface area contributed by atoms with Gasteiger partial charge in [-0.15, -0.1) is 0 Å². The van der Waals surface area contributed by atoms with Gasteiger partial charge in [-0.05, 0) is 142 Å². The SMILES string of the molecule is Cc1cccc(C)c1N(c1ccccc1)c1ccc(C=Cc2c3ccccc3c(C=Cc3ccc(N(c4ccccc4)c4c(C)cccc4C)cc3)c3ccccc23)cc1. The number of rotatable bonds is 10. The number of hydrogen-bond acceptors (Lipinski definition) is 2. The monoisotopic (exact) mass is 772 g/mol. The van der Waals surface area contributed by atoms with Crippen LogP contribution in [0.5, 0.6) is 0 Å². The zero-order valence-electron chi connectivity index (χ0n) is 34.7. The summed E-state index contributed by atoms with van der Waals surface area (Å²) < 4.78 is 0. The zero-order chi connectivity index (χ0) is 41.0. The molecule has 0 aliphatic heterocycles. The maximum atomic E-state index is 2.37. The van der Waals surface area contributed by atoms with Crippen molar-refractivity contribution in [2.45, 2.75) is 27.7 Å². The van der Waals surface area contributed by atoms with E-state index in [0.717, 1.165) is 33.9 Å². The second-order valence-corrected chi connectivity index (χ2v) is 15.6. The molecule has 290 valence electrons. The van der Waals surface area contributed by atoms with Crippen LogP contribution >= 0.6 is 0 Å². The van der Waals surface area contributed by atoms with Crippen molar-refractivity contribution >= 4 is 80.0 Å². The van der Waals surface area contributed by atoms with Gasteiger partial charge >= 0.3 is 0 Å². The van der Waals surface area contributed by atoms with Gasteiger partial charge < -0.3 is 9.80 Å². The van der Waals surface area contributed by atoms with Crippen LogP contribution in [0.15, 0.2) is 194 Å². The first-order chi connectivity index (χ1) is 29.4. The lowest BCUT2D eigenvalue weighted by atomic mass is 9.91. The van der Waals surface area contributed by atoms with Crippen molar-refractivity contribution in [1.82, 2.24) is 0 Å². The Labute approximate surface area is 354 Å². The smallest absolute Gasteiger partial charge is 0.0519 e. The molecule has 9 aromatic carbocycles. The molecule has 0 aliphatic carbocycles. The Morgan fingerprint density at radius 2 is 0.550 bits per heavy atom. The molecule has 0 amide bonds. The minimum Gasteiger partial charge on any atom is -0.310 e. The lowest BCUT2D eigenvalue weighted by molar-refractivity contribution is 1.22. The highest BCUT2D eigenvalue weighted by Crippen LogP contribution is 2.41. The molecule has 0 N–H and O–H groups in total. The van der Waals surface area contributed by atoms with E-state index in [1.807, 2.05) is 0 Å². The second kappa shape index (κ2) is 16.8. The molecule has 9 rings (SSSR count). The number of nitrogens with zero attached hydrogens (tertiary/aromatic N) is 2. The molecule has 9 aromatic rings. The standard InChI is InChI=1S/C58H48N2/c1-41-17-15-18-42(2)57(41)59(47-21-7-5-8-22-47)49-35-29-45(30-36-49)33-39-55-51-25-11-13-27-53(51)56(54-28-14-12-26-52(54)55)40-34-46-31-37-50(38-32-46)60(48-23-9-6-10-24-48)58-43(3)19-16-20-44(58)4/h5-40H,1-4H3. The molecular weight excluding hydrogens is 725 g/mol. The van der Waals surface area contributed by atoms with Crippen LogP contribution in [0.1, 0.15) is 44.5 Å². The summed E-state index contributed by atoms with van der Waals surface area (Å²) in [5, 5.41) is 4.93. The van der Waals surface area contributed by atoms with E-state index in [9.17, 15) is 0 Å². The number of fused-ring (bicyclic) bond motifs is 2. The summed E-state index contributed by atoms with van der Waals surface area (Å²) in [7, 11) is 0. The zero-order valence-corrected chi connectivity index (χ0v) is 34.7. The molecule has 0 spiro atoms. The normalized spacial score (nSPS) is 11.5. The third-order valence-corrected chi connectivity index (χ3v) is 11.6. The summed E-state index contributed by atoms with van der Waals surface area (Å²) >= 11 is 0. The molecule has 0 saturated carbocycles. The fraction of sp³-hybridized carbons (Fsp3) is 0.0690. The molecule has 2 heteroatoms. The van der Waals surface area contributed by atoms with Gasteiger partial charge in [-0.1, -0.05) is 170 Å². The minimum absolute atomic E-state index is 1.13. The van der Waals surface area contributed by atoms with E-state index in [-0.39, 0.29) is 0 Å². The molecule has 0 aromatic heterocycles. The first kappa shape index (κ1) is 38.1. The summed E-state index contributed by atoms with van der Waals surface area (Å²) in [5.41, 5.74) is 16.7. The van der Waals surface area contributed by atoms with Gasteiger partial charge in [0.2, 0.25) is 0 Å². The van der Waals surface area contributed by atoms with E-state index < -0.39 is 0 Å². The molecule has 0 fully saturated rings. The van der Waals surface area contributed by atoms with Crippen molar-refractivity contribution in [2.75, 3.05) is 9.80 Å². The van der Waals surface area contributed by atoms with Crippen LogP contribution in [-0.2, 0) is 0 Å². The highest BCUT2D eigenvalue weighted by Gasteiger charge is 2.18. The van der Waals surface area contributed by atoms with Gasteiger partial charge in [0.15, 0.2) is 0 Å². The predicted molar refractivity (Wildman–Crippen MR) is 261 cm³/mol. The van der Waals surface area contributed by atoms with Crippen molar-refractivity contribution < 1.29 is 0 Å². The topological polar surface area (TPSA) is 6.48 Å². The first-order valence-corrected chi connectivity index (χ1v) is 20.8. The summed E-state index contributed by atoms with van der Waals surface area (Å²) in [5.74, 6) is 0. The van der Waals surface area contributed by atoms with Crippen LogP contribution in [0.25, 0.3) is 45.8 Å². The Balaban J connectivity index is 1.05. The van der Waals surface area contributed by atoms with Gasteiger partial charge in [0.05, 0.1) is 11.4 Å². The lowest BCUT2D eigenvalue weighted by Crippen LogP contribution is -2.12. The molecule has 2 nitrogen and oxygen atoms in total. The minimum atomic E-state index is 1.13. The molecule has 0 radical (unpaired) electrons. The molecule has 60 heavy (non-hydrogen) atoms. The number of aryl methyl sites for hydroxylation is 4. The van der Waals surface area contributed by atoms with Gasteiger partial charge in [0, 0.05) is 22.7 Å². The van der Waals surface area contributed by atoms with Gasteiger partial charge in [-0.25, -0.2) is 0 Å². The van der Waals surface area contributed by atoms with Crippen LogP contribution in [0.2, 0.25) is 0 Å². The number of para-hydroxylation sites is 4. The third-order valence-electron chi connectivity index (χ3n) is 11.6. The van der Waals surface area contributed by atoms with Crippen LogP contribution < -0.4 is 9.80 Å². The van der Waals surface area contributed by atoms with E-state index >= 15 is 0 Å². The average molecular weight is 773 g/mol. The third kappa shape index (κ3) is 7.52. The van der Waals surface area contributed by atoms with Crippen LogP contribution in [-0.4, -0.2) is 0 Å². The van der Waals surface area contributed by atoms with Crippen molar-refractivity contribution in [3.05, 3.63) is 239 Å². The van der Waals surface area contributed by atoms with Crippen molar-refractivity contribution in [3.8, 4) is 0 Å². The van der Waals surface area contributed by atoms with E-state index in [0.29, 0.717) is 0 Å². The molecule has 0 heterocycles. The fourth-order valence-corrected chi connectivity index (χ4v) is 8.67. The summed E-state index contributed by atoms with van der Waals surface area (Å²) in [6, 6.07) is 69.8. The van der Waals surface area contributed by atoms with Gasteiger partial charge in [-0.2, -0.15) is 0 Å². The van der Waals surface area contributed by atoms with Crippen molar-refractivity contribution in [1.29, 1.82) is 0 Å². The van der Waals surface area contributed by atoms with Crippen LogP contribution in [0.4, 0.5) is 34.1 Å². The largest absolute Gasteiger partial charge is 0.310 e. The van der Waals surface area contributed by atoms with E-state index in [2.05, 4.69) is 256 Å². The maximum Gasteiger partial charge on any atom is 0.0519 e. The van der Waals surface area contributed by atoms with Gasteiger partial charge in [0.25, 0.3) is 0 Å². The van der Waals surface area contributed by atoms with E-state index in [1.54, 1.807) is 0 Å². The Kier molecular flexibility index (Phi) is 10.7. The van der Waals surface area contributed by atoms with Gasteiger partial charge in [-0.3, -0.25) is 0 Å². The molecule has 0 bridgehead atoms. The number of benzene rings is 9. The van der Waals surface area contributed by atoms with Gasteiger partial charge in [0.1, 0.15) is 0 Å². The highest BCUT2D eigenvalue weighted by molar-refractivity contribution is 6.14. The molecule has 0 unspecified atom stereocenters. The Morgan fingerprint density at radius 1 is 0.267 bits per heavy atom. The summed E-state index contributed by atoms with van der Waals surface area (Å²) in [6.07, 6.45) is 9.08.